The summed E-state index contributed by atoms with van der Waals surface area (Å²) in [5, 5.41) is 9.82. The predicted octanol–water partition coefficient (Wildman–Crippen LogP) is 3.61. The Hall–Kier alpha value is -1.33. The SMILES string of the molecule is C[C@@H](O)c1cc(Br)ccc1OCc1cncn1C1CC1. The van der Waals surface area contributed by atoms with E-state index in [0.29, 0.717) is 18.4 Å². The van der Waals surface area contributed by atoms with E-state index in [4.69, 9.17) is 4.74 Å². The number of nitrogens with zero attached hydrogens (tertiary/aromatic N) is 2. The van der Waals surface area contributed by atoms with Gasteiger partial charge in [-0.15, -0.1) is 0 Å². The zero-order chi connectivity index (χ0) is 14.1. The van der Waals surface area contributed by atoms with Gasteiger partial charge in [0.2, 0.25) is 0 Å². The molecule has 0 bridgehead atoms. The molecule has 2 aromatic rings. The van der Waals surface area contributed by atoms with Crippen LogP contribution in [-0.4, -0.2) is 14.7 Å². The smallest absolute Gasteiger partial charge is 0.130 e. The van der Waals surface area contributed by atoms with Crippen molar-refractivity contribution in [1.82, 2.24) is 9.55 Å². The minimum Gasteiger partial charge on any atom is -0.487 e. The first-order valence-corrected chi connectivity index (χ1v) is 7.55. The molecule has 1 fully saturated rings. The maximum absolute atomic E-state index is 9.82. The topological polar surface area (TPSA) is 47.3 Å². The van der Waals surface area contributed by atoms with E-state index in [0.717, 1.165) is 15.7 Å². The third kappa shape index (κ3) is 2.88. The van der Waals surface area contributed by atoms with Gasteiger partial charge < -0.3 is 14.4 Å². The predicted molar refractivity (Wildman–Crippen MR) is 79.6 cm³/mol. The number of ether oxygens (including phenoxy) is 1. The summed E-state index contributed by atoms with van der Waals surface area (Å²) in [7, 11) is 0. The van der Waals surface area contributed by atoms with E-state index < -0.39 is 6.10 Å². The molecule has 0 aliphatic heterocycles. The molecule has 1 N–H and O–H groups in total. The number of benzene rings is 1. The molecule has 0 spiro atoms. The lowest BCUT2D eigenvalue weighted by Crippen LogP contribution is -2.05. The van der Waals surface area contributed by atoms with Crippen LogP contribution in [0.2, 0.25) is 0 Å². The van der Waals surface area contributed by atoms with E-state index in [1.807, 2.05) is 30.7 Å². The summed E-state index contributed by atoms with van der Waals surface area (Å²) >= 11 is 3.41. The molecule has 106 valence electrons. The van der Waals surface area contributed by atoms with E-state index in [-0.39, 0.29) is 0 Å². The second-order valence-electron chi connectivity index (χ2n) is 5.17. The Morgan fingerprint density at radius 1 is 1.50 bits per heavy atom. The van der Waals surface area contributed by atoms with Gasteiger partial charge in [0.25, 0.3) is 0 Å². The van der Waals surface area contributed by atoms with Crippen molar-refractivity contribution in [2.45, 2.75) is 38.5 Å². The molecule has 1 aliphatic carbocycles. The van der Waals surface area contributed by atoms with Gasteiger partial charge in [-0.1, -0.05) is 15.9 Å². The normalized spacial score (nSPS) is 16.1. The van der Waals surface area contributed by atoms with Gasteiger partial charge in [0, 0.05) is 16.1 Å². The van der Waals surface area contributed by atoms with Gasteiger partial charge in [0.05, 0.1) is 24.3 Å². The minimum atomic E-state index is -0.559. The molecule has 1 heterocycles. The van der Waals surface area contributed by atoms with Crippen molar-refractivity contribution in [3.63, 3.8) is 0 Å². The molecule has 5 heteroatoms. The number of halogens is 1. The van der Waals surface area contributed by atoms with Crippen LogP contribution in [0.3, 0.4) is 0 Å². The Kier molecular flexibility index (Phi) is 3.81. The fourth-order valence-electron chi connectivity index (χ4n) is 2.25. The van der Waals surface area contributed by atoms with Gasteiger partial charge in [0.15, 0.2) is 0 Å². The molecule has 1 saturated carbocycles. The largest absolute Gasteiger partial charge is 0.487 e. The highest BCUT2D eigenvalue weighted by Crippen LogP contribution is 2.36. The number of aromatic nitrogens is 2. The lowest BCUT2D eigenvalue weighted by atomic mass is 10.1. The van der Waals surface area contributed by atoms with E-state index in [1.54, 1.807) is 6.92 Å². The van der Waals surface area contributed by atoms with Crippen LogP contribution in [-0.2, 0) is 6.61 Å². The van der Waals surface area contributed by atoms with Gasteiger partial charge >= 0.3 is 0 Å². The zero-order valence-corrected chi connectivity index (χ0v) is 12.9. The Morgan fingerprint density at radius 2 is 2.30 bits per heavy atom. The molecular weight excluding hydrogens is 320 g/mol. The molecule has 4 nitrogen and oxygen atoms in total. The Balaban J connectivity index is 1.76. The summed E-state index contributed by atoms with van der Waals surface area (Å²) in [6.45, 7) is 2.21. The number of aliphatic hydroxyl groups excluding tert-OH is 1. The summed E-state index contributed by atoms with van der Waals surface area (Å²) in [4.78, 5) is 4.19. The first kappa shape index (κ1) is 13.6. The number of hydrogen-bond donors (Lipinski definition) is 1. The number of aliphatic hydroxyl groups is 1. The van der Waals surface area contributed by atoms with Crippen LogP contribution < -0.4 is 4.74 Å². The Morgan fingerprint density at radius 3 is 3.00 bits per heavy atom. The molecule has 20 heavy (non-hydrogen) atoms. The van der Waals surface area contributed by atoms with Crippen LogP contribution in [0.1, 0.15) is 43.2 Å². The Labute approximate surface area is 126 Å². The third-order valence-electron chi connectivity index (χ3n) is 3.48. The first-order chi connectivity index (χ1) is 9.65. The maximum atomic E-state index is 9.82. The summed E-state index contributed by atoms with van der Waals surface area (Å²) in [5.41, 5.74) is 1.86. The highest BCUT2D eigenvalue weighted by atomic mass is 79.9. The summed E-state index contributed by atoms with van der Waals surface area (Å²) < 4.78 is 8.99. The van der Waals surface area contributed by atoms with Gasteiger partial charge in [-0.05, 0) is 38.0 Å². The minimum absolute atomic E-state index is 0.470. The van der Waals surface area contributed by atoms with Crippen molar-refractivity contribution < 1.29 is 9.84 Å². The second kappa shape index (κ2) is 5.58. The van der Waals surface area contributed by atoms with E-state index in [2.05, 4.69) is 25.5 Å². The first-order valence-electron chi connectivity index (χ1n) is 6.76. The van der Waals surface area contributed by atoms with Crippen LogP contribution in [0.4, 0.5) is 0 Å². The Bertz CT molecular complexity index is 606. The zero-order valence-electron chi connectivity index (χ0n) is 11.3. The van der Waals surface area contributed by atoms with Crippen molar-refractivity contribution in [2.75, 3.05) is 0 Å². The fourth-order valence-corrected chi connectivity index (χ4v) is 2.63. The van der Waals surface area contributed by atoms with Crippen LogP contribution in [0, 0.1) is 0 Å². The second-order valence-corrected chi connectivity index (χ2v) is 6.09. The monoisotopic (exact) mass is 336 g/mol. The fraction of sp³-hybridized carbons (Fsp3) is 0.400. The highest BCUT2D eigenvalue weighted by Gasteiger charge is 2.25. The molecule has 1 aromatic heterocycles. The summed E-state index contributed by atoms with van der Waals surface area (Å²) in [5.74, 6) is 0.715. The van der Waals surface area contributed by atoms with E-state index in [9.17, 15) is 5.11 Å². The molecule has 0 unspecified atom stereocenters. The van der Waals surface area contributed by atoms with Crippen molar-refractivity contribution in [2.24, 2.45) is 0 Å². The van der Waals surface area contributed by atoms with E-state index in [1.165, 1.54) is 12.8 Å². The molecule has 1 atom stereocenters. The van der Waals surface area contributed by atoms with Crippen molar-refractivity contribution in [3.8, 4) is 5.75 Å². The van der Waals surface area contributed by atoms with Crippen LogP contribution >= 0.6 is 15.9 Å². The van der Waals surface area contributed by atoms with Gasteiger partial charge in [-0.2, -0.15) is 0 Å². The highest BCUT2D eigenvalue weighted by molar-refractivity contribution is 9.10. The molecule has 0 radical (unpaired) electrons. The average molecular weight is 337 g/mol. The third-order valence-corrected chi connectivity index (χ3v) is 3.98. The quantitative estimate of drug-likeness (QED) is 0.907. The van der Waals surface area contributed by atoms with Gasteiger partial charge in [-0.25, -0.2) is 4.98 Å². The van der Waals surface area contributed by atoms with Crippen molar-refractivity contribution in [1.29, 1.82) is 0 Å². The lowest BCUT2D eigenvalue weighted by molar-refractivity contribution is 0.189. The molecular formula is C15H17BrN2O2. The lowest BCUT2D eigenvalue weighted by Gasteiger charge is -2.14. The van der Waals surface area contributed by atoms with Gasteiger partial charge in [0.1, 0.15) is 12.4 Å². The standard InChI is InChI=1S/C15H17BrN2O2/c1-10(19)14-6-11(16)2-5-15(14)20-8-13-7-17-9-18(13)12-3-4-12/h2,5-7,9-10,12,19H,3-4,8H2,1H3/t10-/m1/s1. The maximum Gasteiger partial charge on any atom is 0.130 e. The average Bonchev–Trinajstić information content (AvgIpc) is 3.16. The summed E-state index contributed by atoms with van der Waals surface area (Å²) in [6, 6.07) is 6.28. The molecule has 3 rings (SSSR count). The number of hydrogen-bond acceptors (Lipinski definition) is 3. The van der Waals surface area contributed by atoms with E-state index >= 15 is 0 Å². The molecule has 1 aliphatic rings. The van der Waals surface area contributed by atoms with Crippen molar-refractivity contribution in [3.05, 3.63) is 46.5 Å². The van der Waals surface area contributed by atoms with Crippen molar-refractivity contribution >= 4 is 15.9 Å². The van der Waals surface area contributed by atoms with Gasteiger partial charge in [-0.3, -0.25) is 0 Å². The number of imidazole rings is 1. The molecule has 0 saturated heterocycles. The molecule has 0 amide bonds. The summed E-state index contributed by atoms with van der Waals surface area (Å²) in [6.07, 6.45) is 5.60. The van der Waals surface area contributed by atoms with Crippen LogP contribution in [0.5, 0.6) is 5.75 Å². The number of rotatable bonds is 5. The van der Waals surface area contributed by atoms with Crippen LogP contribution in [0.15, 0.2) is 35.2 Å². The van der Waals surface area contributed by atoms with Crippen LogP contribution in [0.25, 0.3) is 0 Å². The molecule has 1 aromatic carbocycles.